The van der Waals surface area contributed by atoms with Crippen LogP contribution in [0.5, 0.6) is 5.75 Å². The molecular formula is C24H22N2O2. The van der Waals surface area contributed by atoms with Gasteiger partial charge in [-0.05, 0) is 65.9 Å². The highest BCUT2D eigenvalue weighted by molar-refractivity contribution is 6.01. The number of benzene rings is 3. The van der Waals surface area contributed by atoms with E-state index in [9.17, 15) is 4.79 Å². The molecule has 1 amide bonds. The van der Waals surface area contributed by atoms with E-state index in [1.54, 1.807) is 0 Å². The van der Waals surface area contributed by atoms with E-state index in [0.29, 0.717) is 6.61 Å². The SMILES string of the molecule is CCOc1ccc(/C(C)=N/NC(=O)C2c3ccccc3-c3ccccc32)cc1. The van der Waals surface area contributed by atoms with E-state index in [0.717, 1.165) is 39.3 Å². The Morgan fingerprint density at radius 3 is 2.07 bits per heavy atom. The van der Waals surface area contributed by atoms with Crippen LogP contribution in [0.15, 0.2) is 77.9 Å². The van der Waals surface area contributed by atoms with Crippen molar-refractivity contribution in [3.63, 3.8) is 0 Å². The summed E-state index contributed by atoms with van der Waals surface area (Å²) in [5, 5.41) is 4.34. The average molecular weight is 370 g/mol. The van der Waals surface area contributed by atoms with Crippen LogP contribution in [0.3, 0.4) is 0 Å². The summed E-state index contributed by atoms with van der Waals surface area (Å²) < 4.78 is 5.46. The second-order valence-electron chi connectivity index (χ2n) is 6.74. The van der Waals surface area contributed by atoms with Gasteiger partial charge in [0, 0.05) is 0 Å². The zero-order chi connectivity index (χ0) is 19.5. The third-order valence-corrected chi connectivity index (χ3v) is 5.01. The molecule has 1 N–H and O–H groups in total. The number of fused-ring (bicyclic) bond motifs is 3. The highest BCUT2D eigenvalue weighted by Crippen LogP contribution is 2.44. The van der Waals surface area contributed by atoms with Crippen molar-refractivity contribution in [2.75, 3.05) is 6.61 Å². The molecule has 0 saturated heterocycles. The summed E-state index contributed by atoms with van der Waals surface area (Å²) >= 11 is 0. The summed E-state index contributed by atoms with van der Waals surface area (Å²) in [6.45, 7) is 4.47. The Balaban J connectivity index is 1.56. The van der Waals surface area contributed by atoms with Crippen LogP contribution < -0.4 is 10.2 Å². The van der Waals surface area contributed by atoms with E-state index in [4.69, 9.17) is 4.74 Å². The highest BCUT2D eigenvalue weighted by atomic mass is 16.5. The van der Waals surface area contributed by atoms with Crippen molar-refractivity contribution in [2.45, 2.75) is 19.8 Å². The van der Waals surface area contributed by atoms with Gasteiger partial charge in [0.05, 0.1) is 18.2 Å². The first-order valence-electron chi connectivity index (χ1n) is 9.44. The van der Waals surface area contributed by atoms with Gasteiger partial charge >= 0.3 is 0 Å². The number of ether oxygens (including phenoxy) is 1. The van der Waals surface area contributed by atoms with Crippen LogP contribution in [0, 0.1) is 0 Å². The van der Waals surface area contributed by atoms with Gasteiger partial charge in [-0.3, -0.25) is 4.79 Å². The molecule has 0 radical (unpaired) electrons. The Hall–Kier alpha value is -3.40. The van der Waals surface area contributed by atoms with Crippen LogP contribution in [0.2, 0.25) is 0 Å². The Labute approximate surface area is 164 Å². The lowest BCUT2D eigenvalue weighted by molar-refractivity contribution is -0.121. The lowest BCUT2D eigenvalue weighted by Crippen LogP contribution is -2.26. The standard InChI is InChI=1S/C24H22N2O2/c1-3-28-18-14-12-17(13-15-18)16(2)25-26-24(27)23-21-10-6-4-8-19(21)20-9-5-7-11-22(20)23/h4-15,23H,3H2,1-2H3,(H,26,27)/b25-16+. The second kappa shape index (κ2) is 7.69. The van der Waals surface area contributed by atoms with Crippen LogP contribution in [0.1, 0.15) is 36.5 Å². The minimum Gasteiger partial charge on any atom is -0.494 e. The fourth-order valence-electron chi connectivity index (χ4n) is 3.67. The predicted octanol–water partition coefficient (Wildman–Crippen LogP) is 4.74. The molecule has 28 heavy (non-hydrogen) atoms. The lowest BCUT2D eigenvalue weighted by Gasteiger charge is -2.12. The molecule has 3 aromatic rings. The van der Waals surface area contributed by atoms with Crippen LogP contribution in [-0.4, -0.2) is 18.2 Å². The molecule has 1 aliphatic rings. The molecule has 0 saturated carbocycles. The molecule has 0 aromatic heterocycles. The highest BCUT2D eigenvalue weighted by Gasteiger charge is 2.33. The van der Waals surface area contributed by atoms with E-state index in [-0.39, 0.29) is 11.8 Å². The fourth-order valence-corrected chi connectivity index (χ4v) is 3.67. The Kier molecular flexibility index (Phi) is 4.94. The third kappa shape index (κ3) is 3.29. The summed E-state index contributed by atoms with van der Waals surface area (Å²) in [4.78, 5) is 13.0. The van der Waals surface area contributed by atoms with Crippen molar-refractivity contribution in [3.05, 3.63) is 89.5 Å². The maximum Gasteiger partial charge on any atom is 0.252 e. The van der Waals surface area contributed by atoms with Gasteiger partial charge in [0.15, 0.2) is 0 Å². The molecule has 0 unspecified atom stereocenters. The largest absolute Gasteiger partial charge is 0.494 e. The third-order valence-electron chi connectivity index (χ3n) is 5.01. The van der Waals surface area contributed by atoms with Gasteiger partial charge in [-0.1, -0.05) is 48.5 Å². The molecule has 0 fully saturated rings. The topological polar surface area (TPSA) is 50.7 Å². The van der Waals surface area contributed by atoms with Crippen molar-refractivity contribution < 1.29 is 9.53 Å². The molecule has 3 aromatic carbocycles. The van der Waals surface area contributed by atoms with Gasteiger partial charge in [-0.15, -0.1) is 0 Å². The Morgan fingerprint density at radius 2 is 1.50 bits per heavy atom. The first-order chi connectivity index (χ1) is 13.7. The number of rotatable bonds is 5. The zero-order valence-corrected chi connectivity index (χ0v) is 16.0. The summed E-state index contributed by atoms with van der Waals surface area (Å²) in [5.74, 6) is 0.356. The summed E-state index contributed by atoms with van der Waals surface area (Å²) in [6.07, 6.45) is 0. The van der Waals surface area contributed by atoms with E-state index in [1.807, 2.05) is 74.5 Å². The van der Waals surface area contributed by atoms with Gasteiger partial charge in [-0.2, -0.15) is 5.10 Å². The Bertz CT molecular complexity index is 993. The normalized spacial score (nSPS) is 13.0. The average Bonchev–Trinajstić information content (AvgIpc) is 3.07. The zero-order valence-electron chi connectivity index (χ0n) is 16.0. The van der Waals surface area contributed by atoms with Gasteiger partial charge in [0.25, 0.3) is 5.91 Å². The van der Waals surface area contributed by atoms with E-state index >= 15 is 0 Å². The molecule has 0 atom stereocenters. The van der Waals surface area contributed by atoms with Crippen LogP contribution in [0.25, 0.3) is 11.1 Å². The quantitative estimate of drug-likeness (QED) is 0.521. The second-order valence-corrected chi connectivity index (χ2v) is 6.74. The predicted molar refractivity (Wildman–Crippen MR) is 112 cm³/mol. The molecule has 0 aliphatic heterocycles. The first-order valence-corrected chi connectivity index (χ1v) is 9.44. The molecule has 0 bridgehead atoms. The van der Waals surface area contributed by atoms with Gasteiger partial charge in [0.1, 0.15) is 5.75 Å². The maximum atomic E-state index is 13.0. The summed E-state index contributed by atoms with van der Waals surface area (Å²) in [5.41, 5.74) is 8.73. The van der Waals surface area contributed by atoms with Crippen LogP contribution in [0.4, 0.5) is 0 Å². The van der Waals surface area contributed by atoms with Crippen molar-refractivity contribution in [2.24, 2.45) is 5.10 Å². The van der Waals surface area contributed by atoms with E-state index in [2.05, 4.69) is 22.7 Å². The van der Waals surface area contributed by atoms with Crippen molar-refractivity contribution in [1.82, 2.24) is 5.43 Å². The summed E-state index contributed by atoms with van der Waals surface area (Å²) in [7, 11) is 0. The minimum atomic E-state index is -0.343. The van der Waals surface area contributed by atoms with Crippen LogP contribution in [-0.2, 0) is 4.79 Å². The number of hydrogen-bond acceptors (Lipinski definition) is 3. The van der Waals surface area contributed by atoms with E-state index in [1.165, 1.54) is 0 Å². The molecule has 4 heteroatoms. The molecule has 140 valence electrons. The lowest BCUT2D eigenvalue weighted by atomic mass is 9.96. The number of carbonyl (C=O) groups excluding carboxylic acids is 1. The molecule has 4 nitrogen and oxygen atoms in total. The van der Waals surface area contributed by atoms with Gasteiger partial charge in [-0.25, -0.2) is 5.43 Å². The Morgan fingerprint density at radius 1 is 0.929 bits per heavy atom. The first kappa shape index (κ1) is 18.0. The smallest absolute Gasteiger partial charge is 0.252 e. The molecular weight excluding hydrogens is 348 g/mol. The monoisotopic (exact) mass is 370 g/mol. The number of amides is 1. The van der Waals surface area contributed by atoms with Gasteiger partial charge in [0.2, 0.25) is 0 Å². The van der Waals surface area contributed by atoms with Crippen molar-refractivity contribution in [3.8, 4) is 16.9 Å². The minimum absolute atomic E-state index is 0.123. The van der Waals surface area contributed by atoms with Crippen molar-refractivity contribution >= 4 is 11.6 Å². The number of hydrogen-bond donors (Lipinski definition) is 1. The number of carbonyl (C=O) groups is 1. The molecule has 0 spiro atoms. The van der Waals surface area contributed by atoms with Crippen molar-refractivity contribution in [1.29, 1.82) is 0 Å². The number of hydrazone groups is 1. The number of nitrogens with one attached hydrogen (secondary N) is 1. The molecule has 1 aliphatic carbocycles. The molecule has 0 heterocycles. The molecule has 4 rings (SSSR count). The fraction of sp³-hybridized carbons (Fsp3) is 0.167. The maximum absolute atomic E-state index is 13.0. The van der Waals surface area contributed by atoms with Crippen LogP contribution >= 0.6 is 0 Å². The number of nitrogens with zero attached hydrogens (tertiary/aromatic N) is 1. The summed E-state index contributed by atoms with van der Waals surface area (Å²) in [6, 6.07) is 23.8. The van der Waals surface area contributed by atoms with Gasteiger partial charge < -0.3 is 4.74 Å². The van der Waals surface area contributed by atoms with E-state index < -0.39 is 0 Å².